The van der Waals surface area contributed by atoms with E-state index in [0.29, 0.717) is 41.0 Å². The number of hydrogen-bond donors (Lipinski definition) is 2. The van der Waals surface area contributed by atoms with Gasteiger partial charge in [-0.25, -0.2) is 4.98 Å². The number of hydrogen-bond acceptors (Lipinski definition) is 7. The van der Waals surface area contributed by atoms with Gasteiger partial charge in [0.25, 0.3) is 5.91 Å². The highest BCUT2D eigenvalue weighted by molar-refractivity contribution is 7.17. The van der Waals surface area contributed by atoms with Crippen LogP contribution in [0.5, 0.6) is 5.75 Å². The third kappa shape index (κ3) is 5.41. The van der Waals surface area contributed by atoms with E-state index in [4.69, 9.17) is 9.47 Å². The van der Waals surface area contributed by atoms with Crippen molar-refractivity contribution in [3.63, 3.8) is 0 Å². The Hall–Kier alpha value is -3.56. The molecule has 0 unspecified atom stereocenters. The van der Waals surface area contributed by atoms with Gasteiger partial charge in [0, 0.05) is 19.4 Å². The number of ether oxygens (including phenoxy) is 2. The van der Waals surface area contributed by atoms with E-state index in [1.807, 2.05) is 36.4 Å². The number of aromatic nitrogens is 1. The highest BCUT2D eigenvalue weighted by Gasteiger charge is 2.33. The average Bonchev–Trinajstić information content (AvgIpc) is 3.29. The molecule has 0 spiro atoms. The molecule has 2 aliphatic rings. The number of rotatable bonds is 7. The molecule has 1 aromatic heterocycles. The van der Waals surface area contributed by atoms with Crippen LogP contribution in [0.25, 0.3) is 0 Å². The number of anilines is 1. The van der Waals surface area contributed by atoms with E-state index >= 15 is 0 Å². The van der Waals surface area contributed by atoms with Crippen LogP contribution in [0, 0.1) is 5.92 Å². The van der Waals surface area contributed by atoms with Gasteiger partial charge in [-0.15, -0.1) is 0 Å². The molecule has 2 atom stereocenters. The predicted molar refractivity (Wildman–Crippen MR) is 131 cm³/mol. The van der Waals surface area contributed by atoms with Gasteiger partial charge in [0.2, 0.25) is 5.91 Å². The summed E-state index contributed by atoms with van der Waals surface area (Å²) in [6.45, 7) is 0.805. The topological polar surface area (TPSA) is 107 Å². The molecule has 0 bridgehead atoms. The number of amides is 2. The van der Waals surface area contributed by atoms with Gasteiger partial charge in [0.1, 0.15) is 11.9 Å². The van der Waals surface area contributed by atoms with Crippen LogP contribution < -0.4 is 15.4 Å². The zero-order chi connectivity index (χ0) is 24.2. The van der Waals surface area contributed by atoms with Crippen molar-refractivity contribution in [3.8, 4) is 5.75 Å². The molecule has 3 aromatic rings. The minimum Gasteiger partial charge on any atom is -0.484 e. The van der Waals surface area contributed by atoms with Gasteiger partial charge in [-0.1, -0.05) is 53.8 Å². The molecule has 2 amide bonds. The summed E-state index contributed by atoms with van der Waals surface area (Å²) in [5, 5.41) is 5.98. The van der Waals surface area contributed by atoms with Gasteiger partial charge >= 0.3 is 0 Å². The van der Waals surface area contributed by atoms with Gasteiger partial charge in [-0.2, -0.15) is 0 Å². The molecule has 2 aromatic carbocycles. The summed E-state index contributed by atoms with van der Waals surface area (Å²) in [4.78, 5) is 42.7. The average molecular weight is 492 g/mol. The standard InChI is InChI=1S/C26H25N3O5S/c30-21-13-17(25(32)27-14-22-19-9-5-4-6-16(19)10-11-33-22)12-20-24(21)35-26(28-20)29-23(31)15-34-18-7-2-1-3-8-18/h1-9,17,22H,10-15H2,(H,27,32)(H,28,29,31)/t17-,22+/m0/s1. The molecule has 9 heteroatoms. The Morgan fingerprint density at radius 2 is 1.89 bits per heavy atom. The second-order valence-electron chi connectivity index (χ2n) is 8.53. The Kier molecular flexibility index (Phi) is 6.87. The van der Waals surface area contributed by atoms with E-state index in [2.05, 4.69) is 21.7 Å². The maximum atomic E-state index is 12.9. The highest BCUT2D eigenvalue weighted by Crippen LogP contribution is 2.33. The maximum Gasteiger partial charge on any atom is 0.264 e. The van der Waals surface area contributed by atoms with E-state index in [-0.39, 0.29) is 36.7 Å². The number of ketones is 1. The van der Waals surface area contributed by atoms with Crippen molar-refractivity contribution in [2.24, 2.45) is 5.92 Å². The van der Waals surface area contributed by atoms with Crippen LogP contribution in [0.4, 0.5) is 5.13 Å². The van der Waals surface area contributed by atoms with Gasteiger partial charge in [0.15, 0.2) is 17.5 Å². The SMILES string of the molecule is O=C(COc1ccccc1)Nc1nc2c(s1)C(=O)C[C@@H](C(=O)NC[C@H]1OCCc3ccccc31)C2. The molecule has 1 aliphatic carbocycles. The first kappa shape index (κ1) is 23.2. The molecule has 8 nitrogen and oxygen atoms in total. The number of carbonyl (C=O) groups excluding carboxylic acids is 3. The van der Waals surface area contributed by atoms with Crippen LogP contribution in [-0.2, 0) is 27.2 Å². The van der Waals surface area contributed by atoms with Crippen molar-refractivity contribution in [2.45, 2.75) is 25.4 Å². The largest absolute Gasteiger partial charge is 0.484 e. The van der Waals surface area contributed by atoms with Gasteiger partial charge in [-0.3, -0.25) is 19.7 Å². The van der Waals surface area contributed by atoms with Crippen molar-refractivity contribution in [1.29, 1.82) is 0 Å². The molecule has 1 aliphatic heterocycles. The summed E-state index contributed by atoms with van der Waals surface area (Å²) in [7, 11) is 0. The van der Waals surface area contributed by atoms with Crippen LogP contribution in [-0.4, -0.2) is 42.3 Å². The van der Waals surface area contributed by atoms with Gasteiger partial charge in [-0.05, 0) is 29.7 Å². The van der Waals surface area contributed by atoms with Gasteiger partial charge < -0.3 is 14.8 Å². The number of Topliss-reactive ketones (excluding diaryl/α,β-unsaturated/α-hetero) is 1. The van der Waals surface area contributed by atoms with E-state index in [0.717, 1.165) is 23.3 Å². The van der Waals surface area contributed by atoms with Crippen LogP contribution in [0.2, 0.25) is 0 Å². The second-order valence-corrected chi connectivity index (χ2v) is 9.53. The Bertz CT molecular complexity index is 1240. The summed E-state index contributed by atoms with van der Waals surface area (Å²) in [5.41, 5.74) is 2.88. The molecule has 0 radical (unpaired) electrons. The molecular formula is C26H25N3O5S. The minimum absolute atomic E-state index is 0.119. The molecule has 2 N–H and O–H groups in total. The molecular weight excluding hydrogens is 466 g/mol. The van der Waals surface area contributed by atoms with E-state index < -0.39 is 5.92 Å². The van der Waals surface area contributed by atoms with Crippen LogP contribution in [0.1, 0.15) is 39.0 Å². The molecule has 2 heterocycles. The summed E-state index contributed by atoms with van der Waals surface area (Å²) < 4.78 is 11.3. The second kappa shape index (κ2) is 10.4. The van der Waals surface area contributed by atoms with Gasteiger partial charge in [0.05, 0.1) is 23.1 Å². The monoisotopic (exact) mass is 491 g/mol. The number of fused-ring (bicyclic) bond motifs is 2. The zero-order valence-corrected chi connectivity index (χ0v) is 19.8. The Morgan fingerprint density at radius 3 is 2.74 bits per heavy atom. The minimum atomic E-state index is -0.499. The van der Waals surface area contributed by atoms with Crippen molar-refractivity contribution in [1.82, 2.24) is 10.3 Å². The predicted octanol–water partition coefficient (Wildman–Crippen LogP) is 3.34. The summed E-state index contributed by atoms with van der Waals surface area (Å²) in [6.07, 6.45) is 1.13. The summed E-state index contributed by atoms with van der Waals surface area (Å²) >= 11 is 1.14. The van der Waals surface area contributed by atoms with Crippen molar-refractivity contribution >= 4 is 34.1 Å². The normalized spacial score (nSPS) is 18.8. The fraction of sp³-hybridized carbons (Fsp3) is 0.308. The third-order valence-electron chi connectivity index (χ3n) is 6.11. The molecule has 0 fully saturated rings. The first-order valence-corrected chi connectivity index (χ1v) is 12.4. The number of thiazole rings is 1. The maximum absolute atomic E-state index is 12.9. The number of nitrogens with one attached hydrogen (secondary N) is 2. The number of nitrogens with zero attached hydrogens (tertiary/aromatic N) is 1. The lowest BCUT2D eigenvalue weighted by atomic mass is 9.89. The molecule has 5 rings (SSSR count). The Morgan fingerprint density at radius 1 is 1.09 bits per heavy atom. The first-order valence-electron chi connectivity index (χ1n) is 11.5. The van der Waals surface area contributed by atoms with Crippen LogP contribution in [0.15, 0.2) is 54.6 Å². The Balaban J connectivity index is 1.16. The Labute approximate surface area is 206 Å². The number of carbonyl (C=O) groups is 3. The fourth-order valence-corrected chi connectivity index (χ4v) is 5.33. The number of para-hydroxylation sites is 1. The van der Waals surface area contributed by atoms with E-state index in [1.54, 1.807) is 12.1 Å². The van der Waals surface area contributed by atoms with Crippen LogP contribution >= 0.6 is 11.3 Å². The highest BCUT2D eigenvalue weighted by atomic mass is 32.1. The fourth-order valence-electron chi connectivity index (χ4n) is 4.37. The van der Waals surface area contributed by atoms with Crippen molar-refractivity contribution in [3.05, 3.63) is 76.3 Å². The molecule has 180 valence electrons. The van der Waals surface area contributed by atoms with E-state index in [1.165, 1.54) is 5.56 Å². The molecule has 35 heavy (non-hydrogen) atoms. The lowest BCUT2D eigenvalue weighted by Crippen LogP contribution is -2.38. The lowest BCUT2D eigenvalue weighted by Gasteiger charge is -2.27. The quantitative estimate of drug-likeness (QED) is 0.525. The molecule has 0 saturated heterocycles. The van der Waals surface area contributed by atoms with Crippen molar-refractivity contribution < 1.29 is 23.9 Å². The number of benzene rings is 2. The van der Waals surface area contributed by atoms with Crippen LogP contribution in [0.3, 0.4) is 0 Å². The smallest absolute Gasteiger partial charge is 0.264 e. The summed E-state index contributed by atoms with van der Waals surface area (Å²) in [5.74, 6) is -0.600. The lowest BCUT2D eigenvalue weighted by molar-refractivity contribution is -0.125. The zero-order valence-electron chi connectivity index (χ0n) is 19.0. The first-order chi connectivity index (χ1) is 17.1. The molecule has 0 saturated carbocycles. The summed E-state index contributed by atoms with van der Waals surface area (Å²) in [6, 6.07) is 17.1. The van der Waals surface area contributed by atoms with E-state index in [9.17, 15) is 14.4 Å². The van der Waals surface area contributed by atoms with Crippen molar-refractivity contribution in [2.75, 3.05) is 25.1 Å². The third-order valence-corrected chi connectivity index (χ3v) is 7.16.